The van der Waals surface area contributed by atoms with Gasteiger partial charge in [-0.3, -0.25) is 0 Å². The molecule has 0 aromatic carbocycles. The summed E-state index contributed by atoms with van der Waals surface area (Å²) in [5, 5.41) is 0. The van der Waals surface area contributed by atoms with Gasteiger partial charge in [-0.25, -0.2) is 0 Å². The molecule has 0 N–H and O–H groups in total. The molecular weight excluding hydrogens is 168 g/mol. The molecule has 0 heteroatoms. The molecule has 0 aromatic rings. The van der Waals surface area contributed by atoms with Crippen LogP contribution in [0.2, 0.25) is 0 Å². The summed E-state index contributed by atoms with van der Waals surface area (Å²) >= 11 is 0. The van der Waals surface area contributed by atoms with Crippen molar-refractivity contribution in [2.24, 2.45) is 16.7 Å². The molecule has 82 valence electrons. The van der Waals surface area contributed by atoms with E-state index in [0.717, 1.165) is 5.92 Å². The van der Waals surface area contributed by atoms with Crippen LogP contribution >= 0.6 is 0 Å². The van der Waals surface area contributed by atoms with E-state index in [0.29, 0.717) is 10.8 Å². The van der Waals surface area contributed by atoms with Gasteiger partial charge in [0.15, 0.2) is 0 Å². The molecule has 1 rings (SSSR count). The fraction of sp³-hybridized carbons (Fsp3) is 0.857. The zero-order valence-electron chi connectivity index (χ0n) is 10.4. The van der Waals surface area contributed by atoms with E-state index in [-0.39, 0.29) is 0 Å². The van der Waals surface area contributed by atoms with Crippen LogP contribution in [0, 0.1) is 16.7 Å². The molecule has 0 spiro atoms. The number of rotatable bonds is 3. The normalized spacial score (nSPS) is 43.6. The highest BCUT2D eigenvalue weighted by molar-refractivity contribution is 5.08. The predicted octanol–water partition coefficient (Wildman–Crippen LogP) is 4.81. The molecule has 0 aliphatic heterocycles. The molecule has 0 bridgehead atoms. The van der Waals surface area contributed by atoms with Gasteiger partial charge in [-0.15, -0.1) is 6.58 Å². The summed E-state index contributed by atoms with van der Waals surface area (Å²) in [6, 6.07) is 0. The Hall–Kier alpha value is -0.260. The van der Waals surface area contributed by atoms with Crippen molar-refractivity contribution in [3.8, 4) is 0 Å². The number of allylic oxidation sites excluding steroid dienone is 1. The lowest BCUT2D eigenvalue weighted by molar-refractivity contribution is -0.0148. The van der Waals surface area contributed by atoms with Crippen molar-refractivity contribution in [1.82, 2.24) is 0 Å². The van der Waals surface area contributed by atoms with E-state index in [1.165, 1.54) is 32.1 Å². The summed E-state index contributed by atoms with van der Waals surface area (Å²) in [5.41, 5.74) is 0.876. The van der Waals surface area contributed by atoms with Crippen LogP contribution in [0.1, 0.15) is 59.8 Å². The van der Waals surface area contributed by atoms with Crippen molar-refractivity contribution < 1.29 is 0 Å². The summed E-state index contributed by atoms with van der Waals surface area (Å²) in [5.74, 6) is 0.846. The number of hydrogen-bond acceptors (Lipinski definition) is 0. The van der Waals surface area contributed by atoms with Crippen LogP contribution in [-0.4, -0.2) is 0 Å². The molecule has 1 aliphatic rings. The van der Waals surface area contributed by atoms with Gasteiger partial charge in [0.05, 0.1) is 0 Å². The molecule has 1 unspecified atom stereocenters. The van der Waals surface area contributed by atoms with Crippen molar-refractivity contribution >= 4 is 0 Å². The van der Waals surface area contributed by atoms with Gasteiger partial charge < -0.3 is 0 Å². The first-order valence-corrected chi connectivity index (χ1v) is 6.20. The largest absolute Gasteiger partial charge is 0.103 e. The van der Waals surface area contributed by atoms with Gasteiger partial charge in [0.2, 0.25) is 0 Å². The van der Waals surface area contributed by atoms with E-state index >= 15 is 0 Å². The highest BCUT2D eigenvalue weighted by Gasteiger charge is 2.48. The molecule has 0 saturated heterocycles. The van der Waals surface area contributed by atoms with Crippen molar-refractivity contribution in [3.05, 3.63) is 12.7 Å². The van der Waals surface area contributed by atoms with Crippen molar-refractivity contribution in [1.29, 1.82) is 0 Å². The average molecular weight is 194 g/mol. The van der Waals surface area contributed by atoms with E-state index in [9.17, 15) is 0 Å². The minimum atomic E-state index is 0.402. The van der Waals surface area contributed by atoms with Crippen molar-refractivity contribution in [3.63, 3.8) is 0 Å². The Morgan fingerprint density at radius 2 is 2.00 bits per heavy atom. The molecule has 1 aliphatic carbocycles. The van der Waals surface area contributed by atoms with Gasteiger partial charge in [0.1, 0.15) is 0 Å². The third-order valence-electron chi connectivity index (χ3n) is 5.24. The Morgan fingerprint density at radius 1 is 1.36 bits per heavy atom. The topological polar surface area (TPSA) is 0 Å². The van der Waals surface area contributed by atoms with Gasteiger partial charge in [-0.05, 0) is 36.0 Å². The van der Waals surface area contributed by atoms with E-state index in [1.54, 1.807) is 0 Å². The lowest BCUT2D eigenvalue weighted by Gasteiger charge is -2.54. The second kappa shape index (κ2) is 4.08. The van der Waals surface area contributed by atoms with Gasteiger partial charge in [0, 0.05) is 0 Å². The second-order valence-corrected chi connectivity index (χ2v) is 5.28. The Morgan fingerprint density at radius 3 is 2.36 bits per heavy atom. The maximum absolute atomic E-state index is 4.11. The third-order valence-corrected chi connectivity index (χ3v) is 5.24. The fourth-order valence-electron chi connectivity index (χ4n) is 3.58. The first kappa shape index (κ1) is 11.8. The monoisotopic (exact) mass is 194 g/mol. The van der Waals surface area contributed by atoms with Crippen LogP contribution in [0.15, 0.2) is 12.7 Å². The minimum Gasteiger partial charge on any atom is -0.103 e. The van der Waals surface area contributed by atoms with Crippen LogP contribution in [0.3, 0.4) is 0 Å². The van der Waals surface area contributed by atoms with Crippen LogP contribution in [0.5, 0.6) is 0 Å². The number of hydrogen-bond donors (Lipinski definition) is 0. The van der Waals surface area contributed by atoms with Crippen molar-refractivity contribution in [2.75, 3.05) is 0 Å². The zero-order valence-corrected chi connectivity index (χ0v) is 10.4. The molecule has 14 heavy (non-hydrogen) atoms. The molecule has 1 fully saturated rings. The molecule has 1 saturated carbocycles. The fourth-order valence-corrected chi connectivity index (χ4v) is 3.58. The summed E-state index contributed by atoms with van der Waals surface area (Å²) in [6.07, 6.45) is 8.93. The summed E-state index contributed by atoms with van der Waals surface area (Å²) in [7, 11) is 0. The summed E-state index contributed by atoms with van der Waals surface area (Å²) < 4.78 is 0. The van der Waals surface area contributed by atoms with Crippen LogP contribution < -0.4 is 0 Å². The molecule has 0 heterocycles. The Balaban J connectivity index is 3.06. The summed E-state index contributed by atoms with van der Waals surface area (Å²) in [6.45, 7) is 13.7. The zero-order chi connectivity index (χ0) is 10.8. The van der Waals surface area contributed by atoms with Gasteiger partial charge >= 0.3 is 0 Å². The molecule has 3 atom stereocenters. The minimum absolute atomic E-state index is 0.402. The maximum atomic E-state index is 4.11. The van der Waals surface area contributed by atoms with Gasteiger partial charge in [-0.2, -0.15) is 0 Å². The van der Waals surface area contributed by atoms with E-state index in [2.05, 4.69) is 40.3 Å². The second-order valence-electron chi connectivity index (χ2n) is 5.28. The first-order valence-electron chi connectivity index (χ1n) is 6.20. The van der Waals surface area contributed by atoms with Crippen LogP contribution in [0.25, 0.3) is 0 Å². The first-order chi connectivity index (χ1) is 6.56. The highest BCUT2D eigenvalue weighted by Crippen LogP contribution is 2.57. The Bertz CT molecular complexity index is 206. The lowest BCUT2D eigenvalue weighted by Crippen LogP contribution is -2.45. The van der Waals surface area contributed by atoms with E-state index in [1.807, 2.05) is 0 Å². The quantitative estimate of drug-likeness (QED) is 0.566. The Labute approximate surface area is 89.8 Å². The van der Waals surface area contributed by atoms with E-state index < -0.39 is 0 Å². The highest BCUT2D eigenvalue weighted by atomic mass is 14.5. The van der Waals surface area contributed by atoms with Crippen molar-refractivity contribution in [2.45, 2.75) is 59.8 Å². The van der Waals surface area contributed by atoms with E-state index in [4.69, 9.17) is 0 Å². The average Bonchev–Trinajstić information content (AvgIpc) is 2.22. The standard InChI is InChI=1S/C14H26/c1-6-13(5)12(4)10-9-11-14(13,7-2)8-3/h7,12H,2,6,8-11H2,1,3-5H3/t12?,13-,14-/m0/s1. The molecule has 0 radical (unpaired) electrons. The van der Waals surface area contributed by atoms with Crippen LogP contribution in [0.4, 0.5) is 0 Å². The van der Waals surface area contributed by atoms with Gasteiger partial charge in [-0.1, -0.05) is 46.6 Å². The smallest absolute Gasteiger partial charge is 0.00673 e. The third kappa shape index (κ3) is 1.43. The molecule has 0 amide bonds. The maximum Gasteiger partial charge on any atom is -0.00673 e. The van der Waals surface area contributed by atoms with Crippen LogP contribution in [-0.2, 0) is 0 Å². The molecular formula is C14H26. The lowest BCUT2D eigenvalue weighted by atomic mass is 9.51. The SMILES string of the molecule is C=C[C@]1(CC)CCCC(C)[C@]1(C)CC. The molecule has 0 nitrogen and oxygen atoms in total. The molecule has 0 aromatic heterocycles. The Kier molecular flexibility index (Phi) is 3.44. The predicted molar refractivity (Wildman–Crippen MR) is 64.3 cm³/mol. The summed E-state index contributed by atoms with van der Waals surface area (Å²) in [4.78, 5) is 0. The van der Waals surface area contributed by atoms with Gasteiger partial charge in [0.25, 0.3) is 0 Å².